The van der Waals surface area contributed by atoms with Gasteiger partial charge in [0, 0.05) is 37.9 Å². The third kappa shape index (κ3) is 4.65. The number of furan rings is 1. The molecule has 61 heavy (non-hydrogen) atoms. The quantitative estimate of drug-likeness (QED) is 0.179. The van der Waals surface area contributed by atoms with E-state index in [-0.39, 0.29) is 10.8 Å². The number of para-hydroxylation sites is 2. The first-order valence-corrected chi connectivity index (χ1v) is 21.6. The highest BCUT2D eigenvalue weighted by atomic mass is 16.3. The number of fused-ring (bicyclic) bond motifs is 13. The van der Waals surface area contributed by atoms with Gasteiger partial charge in [-0.05, 0) is 117 Å². The number of nitrogens with zero attached hydrogens (tertiary/aromatic N) is 3. The average Bonchev–Trinajstić information content (AvgIpc) is 3.96. The summed E-state index contributed by atoms with van der Waals surface area (Å²) in [6.07, 6.45) is 5.81. The van der Waals surface area contributed by atoms with E-state index in [1.54, 1.807) is 0 Å². The Morgan fingerprint density at radius 2 is 1.30 bits per heavy atom. The number of rotatable bonds is 3. The number of aromatic nitrogens is 3. The minimum Gasteiger partial charge on any atom is -0.455 e. The maximum Gasteiger partial charge on any atom is 0.235 e. The highest BCUT2D eigenvalue weighted by molar-refractivity contribution is 6.24. The molecule has 0 amide bonds. The Labute approximate surface area is 354 Å². The van der Waals surface area contributed by atoms with Crippen molar-refractivity contribution in [1.29, 1.82) is 0 Å². The van der Waals surface area contributed by atoms with Crippen LogP contribution >= 0.6 is 0 Å². The summed E-state index contributed by atoms with van der Waals surface area (Å²) < 4.78 is 9.06. The van der Waals surface area contributed by atoms with Crippen molar-refractivity contribution in [2.45, 2.75) is 51.9 Å². The molecule has 3 aliphatic rings. The van der Waals surface area contributed by atoms with Gasteiger partial charge < -0.3 is 4.42 Å². The van der Waals surface area contributed by atoms with Crippen LogP contribution in [0.1, 0.15) is 63.3 Å². The molecule has 3 aromatic heterocycles. The standard InChI is InChI=1S/C57H43N3O/c1-32-13-12-18-45-51(32)41-29-33(22-26-44(41)56(45,2)3)34-23-27-48-42(30-34)52-49(28-25-39-38-15-8-11-20-50(38)61-54(39)52)60(48)55-58-47-19-10-7-16-40(47)53(59-55)35-21-24-37-36-14-6-9-17-43(36)57(4,5)46(37)31-35/h6-12,14-32H,13H2,1-5H3. The lowest BCUT2D eigenvalue weighted by atomic mass is 9.79. The van der Waals surface area contributed by atoms with Gasteiger partial charge in [0.15, 0.2) is 0 Å². The first-order chi connectivity index (χ1) is 29.7. The van der Waals surface area contributed by atoms with Gasteiger partial charge in [-0.25, -0.2) is 9.97 Å². The number of allylic oxidation sites excluding steroid dienone is 4. The van der Waals surface area contributed by atoms with E-state index in [1.807, 2.05) is 6.07 Å². The molecular formula is C57H43N3O. The van der Waals surface area contributed by atoms with Crippen molar-refractivity contribution in [3.8, 4) is 39.5 Å². The van der Waals surface area contributed by atoms with Gasteiger partial charge >= 0.3 is 0 Å². The molecule has 7 aromatic carbocycles. The molecule has 292 valence electrons. The number of hydrogen-bond donors (Lipinski definition) is 0. The lowest BCUT2D eigenvalue weighted by Gasteiger charge is -2.25. The van der Waals surface area contributed by atoms with E-state index < -0.39 is 0 Å². The minimum atomic E-state index is -0.129. The van der Waals surface area contributed by atoms with Crippen LogP contribution in [0.3, 0.4) is 0 Å². The Morgan fingerprint density at radius 1 is 0.574 bits per heavy atom. The fourth-order valence-electron chi connectivity index (χ4n) is 11.4. The fraction of sp³-hybridized carbons (Fsp3) is 0.158. The van der Waals surface area contributed by atoms with E-state index in [0.29, 0.717) is 11.9 Å². The van der Waals surface area contributed by atoms with Gasteiger partial charge in [0.2, 0.25) is 5.95 Å². The molecular weight excluding hydrogens is 743 g/mol. The zero-order chi connectivity index (χ0) is 40.9. The van der Waals surface area contributed by atoms with Crippen LogP contribution in [0.25, 0.3) is 99.7 Å². The molecule has 3 heterocycles. The van der Waals surface area contributed by atoms with E-state index in [1.165, 1.54) is 55.7 Å². The number of benzene rings is 7. The highest BCUT2D eigenvalue weighted by Crippen LogP contribution is 2.53. The van der Waals surface area contributed by atoms with Gasteiger partial charge in [0.1, 0.15) is 11.2 Å². The van der Waals surface area contributed by atoms with Crippen LogP contribution in [0.4, 0.5) is 0 Å². The molecule has 0 aliphatic heterocycles. The second-order valence-electron chi connectivity index (χ2n) is 18.6. The predicted molar refractivity (Wildman–Crippen MR) is 252 cm³/mol. The predicted octanol–water partition coefficient (Wildman–Crippen LogP) is 14.9. The largest absolute Gasteiger partial charge is 0.455 e. The van der Waals surface area contributed by atoms with E-state index >= 15 is 0 Å². The topological polar surface area (TPSA) is 43.9 Å². The van der Waals surface area contributed by atoms with Crippen molar-refractivity contribution in [3.63, 3.8) is 0 Å². The van der Waals surface area contributed by atoms with E-state index in [2.05, 4.69) is 185 Å². The van der Waals surface area contributed by atoms with Crippen LogP contribution in [0.15, 0.2) is 162 Å². The number of hydrogen-bond acceptors (Lipinski definition) is 3. The van der Waals surface area contributed by atoms with Crippen LogP contribution < -0.4 is 0 Å². The molecule has 0 bridgehead atoms. The first-order valence-electron chi connectivity index (χ1n) is 21.6. The lowest BCUT2D eigenvalue weighted by molar-refractivity contribution is 0.643. The van der Waals surface area contributed by atoms with Gasteiger partial charge in [-0.15, -0.1) is 0 Å². The SMILES string of the molecule is CC1CC=CC2=C1c1cc(-c3ccc4c(c3)c3c5oc6ccccc6c5ccc3n4-c3nc(-c4ccc5c(c4)C(C)(C)c4ccccc4-5)c4ccccc4n3)ccc1C2(C)C. The second-order valence-corrected chi connectivity index (χ2v) is 18.6. The van der Waals surface area contributed by atoms with Crippen molar-refractivity contribution in [1.82, 2.24) is 14.5 Å². The monoisotopic (exact) mass is 785 g/mol. The van der Waals surface area contributed by atoms with Crippen LogP contribution in [0.2, 0.25) is 0 Å². The first kappa shape index (κ1) is 34.8. The molecule has 3 aliphatic carbocycles. The highest BCUT2D eigenvalue weighted by Gasteiger charge is 2.39. The second kappa shape index (κ2) is 12.0. The summed E-state index contributed by atoms with van der Waals surface area (Å²) in [6, 6.07) is 51.0. The Morgan fingerprint density at radius 3 is 2.20 bits per heavy atom. The molecule has 0 N–H and O–H groups in total. The molecule has 0 spiro atoms. The molecule has 0 fully saturated rings. The van der Waals surface area contributed by atoms with Crippen molar-refractivity contribution in [3.05, 3.63) is 180 Å². The van der Waals surface area contributed by atoms with E-state index in [0.717, 1.165) is 72.3 Å². The summed E-state index contributed by atoms with van der Waals surface area (Å²) in [4.78, 5) is 10.9. The Hall–Kier alpha value is -7.04. The summed E-state index contributed by atoms with van der Waals surface area (Å²) in [5, 5.41) is 5.43. The molecule has 1 unspecified atom stereocenters. The van der Waals surface area contributed by atoms with Crippen molar-refractivity contribution in [2.24, 2.45) is 5.92 Å². The minimum absolute atomic E-state index is 0.0155. The van der Waals surface area contributed by atoms with Crippen LogP contribution in [0.5, 0.6) is 0 Å². The van der Waals surface area contributed by atoms with Crippen LogP contribution in [-0.4, -0.2) is 14.5 Å². The van der Waals surface area contributed by atoms with E-state index in [9.17, 15) is 0 Å². The molecule has 0 saturated carbocycles. The van der Waals surface area contributed by atoms with Crippen LogP contribution in [-0.2, 0) is 10.8 Å². The molecule has 4 nitrogen and oxygen atoms in total. The molecule has 1 atom stereocenters. The van der Waals surface area contributed by atoms with Gasteiger partial charge in [-0.1, -0.05) is 138 Å². The van der Waals surface area contributed by atoms with Crippen molar-refractivity contribution < 1.29 is 4.42 Å². The zero-order valence-corrected chi connectivity index (χ0v) is 35.0. The normalized spacial score (nSPS) is 17.2. The molecule has 13 rings (SSSR count). The Kier molecular flexibility index (Phi) is 6.87. The summed E-state index contributed by atoms with van der Waals surface area (Å²) >= 11 is 0. The molecule has 0 saturated heterocycles. The smallest absolute Gasteiger partial charge is 0.235 e. The molecule has 4 heteroatoms. The maximum atomic E-state index is 6.81. The Balaban J connectivity index is 1.06. The van der Waals surface area contributed by atoms with Crippen molar-refractivity contribution in [2.75, 3.05) is 0 Å². The van der Waals surface area contributed by atoms with E-state index in [4.69, 9.17) is 14.4 Å². The van der Waals surface area contributed by atoms with Gasteiger partial charge in [0.05, 0.1) is 27.6 Å². The lowest BCUT2D eigenvalue weighted by Crippen LogP contribution is -2.17. The summed E-state index contributed by atoms with van der Waals surface area (Å²) in [5.74, 6) is 1.13. The average molecular weight is 786 g/mol. The molecule has 0 radical (unpaired) electrons. The summed E-state index contributed by atoms with van der Waals surface area (Å²) in [6.45, 7) is 11.8. The summed E-state index contributed by atoms with van der Waals surface area (Å²) in [5.41, 5.74) is 20.1. The third-order valence-corrected chi connectivity index (χ3v) is 14.5. The molecule has 10 aromatic rings. The zero-order valence-electron chi connectivity index (χ0n) is 35.0. The van der Waals surface area contributed by atoms with Crippen molar-refractivity contribution >= 4 is 60.2 Å². The van der Waals surface area contributed by atoms with Gasteiger partial charge in [0.25, 0.3) is 0 Å². The third-order valence-electron chi connectivity index (χ3n) is 14.5. The van der Waals surface area contributed by atoms with Gasteiger partial charge in [-0.2, -0.15) is 0 Å². The van der Waals surface area contributed by atoms with Gasteiger partial charge in [-0.3, -0.25) is 4.57 Å². The fourth-order valence-corrected chi connectivity index (χ4v) is 11.4. The van der Waals surface area contributed by atoms with Crippen LogP contribution in [0, 0.1) is 5.92 Å². The maximum absolute atomic E-state index is 6.81. The summed E-state index contributed by atoms with van der Waals surface area (Å²) in [7, 11) is 0. The Bertz CT molecular complexity index is 3640.